The van der Waals surface area contributed by atoms with Crippen molar-refractivity contribution in [3.8, 4) is 0 Å². The minimum atomic E-state index is -0.532. The van der Waals surface area contributed by atoms with Crippen molar-refractivity contribution in [1.29, 1.82) is 0 Å². The summed E-state index contributed by atoms with van der Waals surface area (Å²) in [6.07, 6.45) is 0. The second kappa shape index (κ2) is 5.47. The van der Waals surface area contributed by atoms with E-state index in [-0.39, 0.29) is 5.78 Å². The predicted molar refractivity (Wildman–Crippen MR) is 71.1 cm³/mol. The summed E-state index contributed by atoms with van der Waals surface area (Å²) >= 11 is 11.6. The van der Waals surface area contributed by atoms with E-state index in [1.165, 1.54) is 6.92 Å². The van der Waals surface area contributed by atoms with Crippen LogP contribution in [-0.2, 0) is 10.1 Å². The summed E-state index contributed by atoms with van der Waals surface area (Å²) in [5.74, 6) is -0.0158. The summed E-state index contributed by atoms with van der Waals surface area (Å²) in [6, 6.07) is 5.90. The van der Waals surface area contributed by atoms with Crippen molar-refractivity contribution in [2.24, 2.45) is 0 Å². The van der Waals surface area contributed by atoms with Crippen molar-refractivity contribution >= 4 is 55.9 Å². The summed E-state index contributed by atoms with van der Waals surface area (Å²) in [7, 11) is 0. The summed E-state index contributed by atoms with van der Waals surface area (Å²) in [5.41, 5.74) is 2.01. The zero-order valence-electron chi connectivity index (χ0n) is 7.56. The van der Waals surface area contributed by atoms with E-state index in [2.05, 4.69) is 38.5 Å². The Balaban J connectivity index is 3.23. The van der Waals surface area contributed by atoms with Crippen LogP contribution in [0.5, 0.6) is 0 Å². The van der Waals surface area contributed by atoms with Crippen LogP contribution in [0, 0.1) is 3.57 Å². The molecule has 0 N–H and O–H groups in total. The minimum absolute atomic E-state index is 0.0158. The molecular formula is C10H9BrClIO. The highest BCUT2D eigenvalue weighted by Crippen LogP contribution is 2.30. The molecule has 1 rings (SSSR count). The summed E-state index contributed by atoms with van der Waals surface area (Å²) < 4.78 is 1.04. The molecular weight excluding hydrogens is 378 g/mol. The number of halogens is 3. The highest BCUT2D eigenvalue weighted by atomic mass is 127. The van der Waals surface area contributed by atoms with Gasteiger partial charge in [0.1, 0.15) is 5.38 Å². The maximum Gasteiger partial charge on any atom is 0.152 e. The number of carbonyl (C=O) groups excluding carboxylic acids is 1. The summed E-state index contributed by atoms with van der Waals surface area (Å²) in [4.78, 5) is 11.2. The Labute approximate surface area is 110 Å². The molecule has 1 aromatic carbocycles. The van der Waals surface area contributed by atoms with Crippen LogP contribution in [0.2, 0.25) is 0 Å². The third-order valence-electron chi connectivity index (χ3n) is 1.90. The molecule has 0 saturated carbocycles. The SMILES string of the molecule is CC(=O)C(Cl)c1c(I)cccc1CBr. The van der Waals surface area contributed by atoms with E-state index >= 15 is 0 Å². The average molecular weight is 387 g/mol. The predicted octanol–water partition coefficient (Wildman–Crippen LogP) is 4.06. The van der Waals surface area contributed by atoms with E-state index in [0.29, 0.717) is 0 Å². The average Bonchev–Trinajstić information content (AvgIpc) is 2.16. The van der Waals surface area contributed by atoms with Gasteiger partial charge in [-0.05, 0) is 46.7 Å². The topological polar surface area (TPSA) is 17.1 Å². The lowest BCUT2D eigenvalue weighted by atomic mass is 10.0. The first-order valence-electron chi connectivity index (χ1n) is 4.05. The van der Waals surface area contributed by atoms with Crippen molar-refractivity contribution in [3.63, 3.8) is 0 Å². The van der Waals surface area contributed by atoms with Gasteiger partial charge in [0.25, 0.3) is 0 Å². The molecule has 0 bridgehead atoms. The number of ketones is 1. The lowest BCUT2D eigenvalue weighted by Crippen LogP contribution is -2.06. The number of hydrogen-bond donors (Lipinski definition) is 0. The molecule has 0 aliphatic carbocycles. The highest BCUT2D eigenvalue weighted by molar-refractivity contribution is 14.1. The molecule has 0 spiro atoms. The zero-order valence-corrected chi connectivity index (χ0v) is 12.1. The Hall–Kier alpha value is 0.390. The lowest BCUT2D eigenvalue weighted by molar-refractivity contribution is -0.116. The third kappa shape index (κ3) is 2.70. The van der Waals surface area contributed by atoms with Gasteiger partial charge in [0.2, 0.25) is 0 Å². The molecule has 14 heavy (non-hydrogen) atoms. The maximum absolute atomic E-state index is 11.2. The van der Waals surface area contributed by atoms with Crippen molar-refractivity contribution in [2.75, 3.05) is 0 Å². The molecule has 0 fully saturated rings. The standard InChI is InChI=1S/C10H9BrClIO/c1-6(14)10(12)9-7(5-11)3-2-4-8(9)13/h2-4,10H,5H2,1H3. The number of carbonyl (C=O) groups is 1. The number of alkyl halides is 2. The van der Waals surface area contributed by atoms with Crippen LogP contribution in [0.4, 0.5) is 0 Å². The Morgan fingerprint density at radius 2 is 2.29 bits per heavy atom. The number of Topliss-reactive ketones (excluding diaryl/α,β-unsaturated/α-hetero) is 1. The van der Waals surface area contributed by atoms with E-state index in [1.54, 1.807) is 0 Å². The quantitative estimate of drug-likeness (QED) is 0.565. The Morgan fingerprint density at radius 1 is 1.64 bits per heavy atom. The van der Waals surface area contributed by atoms with Gasteiger partial charge in [-0.25, -0.2) is 0 Å². The number of hydrogen-bond acceptors (Lipinski definition) is 1. The number of benzene rings is 1. The molecule has 0 radical (unpaired) electrons. The minimum Gasteiger partial charge on any atom is -0.298 e. The van der Waals surface area contributed by atoms with E-state index < -0.39 is 5.38 Å². The molecule has 0 aliphatic rings. The van der Waals surface area contributed by atoms with Crippen molar-refractivity contribution in [3.05, 3.63) is 32.9 Å². The van der Waals surface area contributed by atoms with Gasteiger partial charge in [0.15, 0.2) is 5.78 Å². The van der Waals surface area contributed by atoms with Crippen molar-refractivity contribution < 1.29 is 4.79 Å². The van der Waals surface area contributed by atoms with Gasteiger partial charge < -0.3 is 0 Å². The zero-order chi connectivity index (χ0) is 10.7. The Morgan fingerprint density at radius 3 is 2.79 bits per heavy atom. The fraction of sp³-hybridized carbons (Fsp3) is 0.300. The fourth-order valence-corrected chi connectivity index (χ4v) is 2.98. The smallest absolute Gasteiger partial charge is 0.152 e. The fourth-order valence-electron chi connectivity index (χ4n) is 1.19. The van der Waals surface area contributed by atoms with Crippen LogP contribution in [0.1, 0.15) is 23.4 Å². The van der Waals surface area contributed by atoms with Gasteiger partial charge in [-0.1, -0.05) is 28.1 Å². The van der Waals surface area contributed by atoms with Crippen LogP contribution in [0.25, 0.3) is 0 Å². The molecule has 0 saturated heterocycles. The largest absolute Gasteiger partial charge is 0.298 e. The van der Waals surface area contributed by atoms with Crippen molar-refractivity contribution in [1.82, 2.24) is 0 Å². The molecule has 0 heterocycles. The molecule has 1 unspecified atom stereocenters. The van der Waals surface area contributed by atoms with Crippen LogP contribution < -0.4 is 0 Å². The van der Waals surface area contributed by atoms with Crippen LogP contribution in [0.3, 0.4) is 0 Å². The molecule has 0 amide bonds. The van der Waals surface area contributed by atoms with Crippen LogP contribution >= 0.6 is 50.1 Å². The van der Waals surface area contributed by atoms with E-state index in [9.17, 15) is 4.79 Å². The van der Waals surface area contributed by atoms with Gasteiger partial charge in [0, 0.05) is 8.90 Å². The highest BCUT2D eigenvalue weighted by Gasteiger charge is 2.19. The first-order chi connectivity index (χ1) is 6.57. The normalized spacial score (nSPS) is 12.6. The Kier molecular flexibility index (Phi) is 4.87. The molecule has 0 aliphatic heterocycles. The second-order valence-electron chi connectivity index (χ2n) is 2.92. The molecule has 0 aromatic heterocycles. The van der Waals surface area contributed by atoms with Crippen LogP contribution in [0.15, 0.2) is 18.2 Å². The van der Waals surface area contributed by atoms with Gasteiger partial charge in [-0.3, -0.25) is 4.79 Å². The van der Waals surface area contributed by atoms with Crippen molar-refractivity contribution in [2.45, 2.75) is 17.6 Å². The first-order valence-corrected chi connectivity index (χ1v) is 6.69. The summed E-state index contributed by atoms with van der Waals surface area (Å²) in [5, 5.41) is 0.186. The second-order valence-corrected chi connectivity index (χ2v) is 5.08. The Bertz CT molecular complexity index is 354. The monoisotopic (exact) mass is 386 g/mol. The first kappa shape index (κ1) is 12.5. The summed E-state index contributed by atoms with van der Waals surface area (Å²) in [6.45, 7) is 1.51. The van der Waals surface area contributed by atoms with Gasteiger partial charge in [-0.2, -0.15) is 0 Å². The van der Waals surface area contributed by atoms with Gasteiger partial charge >= 0.3 is 0 Å². The number of rotatable bonds is 3. The van der Waals surface area contributed by atoms with E-state index in [1.807, 2.05) is 18.2 Å². The van der Waals surface area contributed by atoms with E-state index in [0.717, 1.165) is 20.0 Å². The van der Waals surface area contributed by atoms with E-state index in [4.69, 9.17) is 11.6 Å². The molecule has 1 nitrogen and oxygen atoms in total. The maximum atomic E-state index is 11.2. The molecule has 76 valence electrons. The van der Waals surface area contributed by atoms with Gasteiger partial charge in [0.05, 0.1) is 0 Å². The molecule has 1 aromatic rings. The third-order valence-corrected chi connectivity index (χ3v) is 3.97. The molecule has 1 atom stereocenters. The molecule has 4 heteroatoms. The lowest BCUT2D eigenvalue weighted by Gasteiger charge is -2.12. The van der Waals surface area contributed by atoms with Gasteiger partial charge in [-0.15, -0.1) is 11.6 Å². The van der Waals surface area contributed by atoms with Crippen LogP contribution in [-0.4, -0.2) is 5.78 Å².